The van der Waals surface area contributed by atoms with Crippen LogP contribution >= 0.6 is 0 Å². The van der Waals surface area contributed by atoms with Crippen molar-refractivity contribution in [3.63, 3.8) is 0 Å². The van der Waals surface area contributed by atoms with E-state index >= 15 is 0 Å². The predicted octanol–water partition coefficient (Wildman–Crippen LogP) is 3.58. The number of ether oxygens (including phenoxy) is 1. The number of benzene rings is 1. The third-order valence-corrected chi connectivity index (χ3v) is 3.70. The van der Waals surface area contributed by atoms with Crippen molar-refractivity contribution in [3.8, 4) is 5.75 Å². The Kier molecular flexibility index (Phi) is 3.87. The lowest BCUT2D eigenvalue weighted by Crippen LogP contribution is -2.37. The normalized spacial score (nSPS) is 20.2. The highest BCUT2D eigenvalue weighted by molar-refractivity contribution is 5.26. The van der Waals surface area contributed by atoms with Crippen molar-refractivity contribution in [1.29, 1.82) is 0 Å². The smallest absolute Gasteiger partial charge is 0.119 e. The van der Waals surface area contributed by atoms with Crippen molar-refractivity contribution in [1.82, 2.24) is 4.90 Å². The van der Waals surface area contributed by atoms with Crippen LogP contribution in [0.2, 0.25) is 0 Å². The van der Waals surface area contributed by atoms with E-state index < -0.39 is 0 Å². The Bertz CT molecular complexity index is 455. The van der Waals surface area contributed by atoms with Gasteiger partial charge in [0, 0.05) is 31.6 Å². The van der Waals surface area contributed by atoms with Crippen molar-refractivity contribution in [3.05, 3.63) is 60.7 Å². The first kappa shape index (κ1) is 12.3. The molecule has 2 aliphatic rings. The summed E-state index contributed by atoms with van der Waals surface area (Å²) >= 11 is 0. The van der Waals surface area contributed by atoms with Gasteiger partial charge in [-0.3, -0.25) is 0 Å². The van der Waals surface area contributed by atoms with Crippen LogP contribution in [-0.2, 0) is 0 Å². The number of likely N-dealkylation sites (tertiary alicyclic amines) is 1. The fraction of sp³-hybridized carbons (Fsp3) is 0.353. The second-order valence-electron chi connectivity index (χ2n) is 5.08. The Hall–Kier alpha value is -1.70. The van der Waals surface area contributed by atoms with E-state index in [9.17, 15) is 0 Å². The summed E-state index contributed by atoms with van der Waals surface area (Å²) in [5, 5.41) is 0. The summed E-state index contributed by atoms with van der Waals surface area (Å²) in [6.45, 7) is 2.17. The predicted molar refractivity (Wildman–Crippen MR) is 77.8 cm³/mol. The second kappa shape index (κ2) is 5.96. The van der Waals surface area contributed by atoms with Crippen LogP contribution in [0.4, 0.5) is 0 Å². The zero-order valence-electron chi connectivity index (χ0n) is 11.2. The van der Waals surface area contributed by atoms with Gasteiger partial charge in [0.2, 0.25) is 0 Å². The first-order chi connectivity index (χ1) is 9.42. The zero-order chi connectivity index (χ0) is 12.9. The quantitative estimate of drug-likeness (QED) is 0.817. The largest absolute Gasteiger partial charge is 0.490 e. The maximum atomic E-state index is 6.02. The third-order valence-electron chi connectivity index (χ3n) is 3.70. The molecule has 1 aromatic carbocycles. The van der Waals surface area contributed by atoms with Gasteiger partial charge in [-0.15, -0.1) is 0 Å². The number of hydrogen-bond donors (Lipinski definition) is 0. The van der Waals surface area contributed by atoms with Crippen molar-refractivity contribution in [2.75, 3.05) is 13.1 Å². The van der Waals surface area contributed by atoms with Crippen molar-refractivity contribution in [2.45, 2.75) is 25.4 Å². The van der Waals surface area contributed by atoms with E-state index in [1.54, 1.807) is 0 Å². The summed E-state index contributed by atoms with van der Waals surface area (Å²) < 4.78 is 6.02. The molecular formula is C17H20NO. The van der Waals surface area contributed by atoms with Gasteiger partial charge in [0.25, 0.3) is 0 Å². The molecule has 0 amide bonds. The summed E-state index contributed by atoms with van der Waals surface area (Å²) in [4.78, 5) is 2.46. The second-order valence-corrected chi connectivity index (χ2v) is 5.08. The molecule has 0 unspecified atom stereocenters. The van der Waals surface area contributed by atoms with Crippen molar-refractivity contribution in [2.24, 2.45) is 0 Å². The molecule has 99 valence electrons. The van der Waals surface area contributed by atoms with E-state index in [-0.39, 0.29) is 0 Å². The van der Waals surface area contributed by atoms with Gasteiger partial charge in [0.1, 0.15) is 11.9 Å². The minimum Gasteiger partial charge on any atom is -0.490 e. The average molecular weight is 254 g/mol. The maximum absolute atomic E-state index is 6.02. The zero-order valence-corrected chi connectivity index (χ0v) is 11.2. The van der Waals surface area contributed by atoms with Crippen LogP contribution in [0.5, 0.6) is 5.75 Å². The minimum absolute atomic E-state index is 0.357. The molecule has 1 aromatic rings. The van der Waals surface area contributed by atoms with Crippen molar-refractivity contribution < 1.29 is 4.74 Å². The molecule has 1 aliphatic carbocycles. The van der Waals surface area contributed by atoms with E-state index in [4.69, 9.17) is 4.74 Å². The Labute approximate surface area is 115 Å². The summed E-state index contributed by atoms with van der Waals surface area (Å²) in [7, 11) is 0. The Morgan fingerprint density at radius 3 is 2.53 bits per heavy atom. The Morgan fingerprint density at radius 2 is 1.84 bits per heavy atom. The number of allylic oxidation sites excluding steroid dienone is 3. The highest BCUT2D eigenvalue weighted by Crippen LogP contribution is 2.22. The molecule has 1 fully saturated rings. The van der Waals surface area contributed by atoms with Crippen LogP contribution in [0.25, 0.3) is 0 Å². The Morgan fingerprint density at radius 1 is 1.05 bits per heavy atom. The van der Waals surface area contributed by atoms with Gasteiger partial charge in [-0.05, 0) is 31.1 Å². The molecule has 1 heterocycles. The van der Waals surface area contributed by atoms with Crippen LogP contribution < -0.4 is 4.74 Å². The molecule has 1 radical (unpaired) electrons. The number of hydrogen-bond acceptors (Lipinski definition) is 2. The Balaban J connectivity index is 1.52. The van der Waals surface area contributed by atoms with Gasteiger partial charge >= 0.3 is 0 Å². The summed E-state index contributed by atoms with van der Waals surface area (Å²) in [6.07, 6.45) is 12.5. The first-order valence-electron chi connectivity index (χ1n) is 7.08. The van der Waals surface area contributed by atoms with Crippen molar-refractivity contribution >= 4 is 0 Å². The number of nitrogens with zero attached hydrogens (tertiary/aromatic N) is 1. The number of rotatable bonds is 3. The maximum Gasteiger partial charge on any atom is 0.119 e. The number of para-hydroxylation sites is 1. The molecule has 0 bridgehead atoms. The monoisotopic (exact) mass is 254 g/mol. The van der Waals surface area contributed by atoms with E-state index in [0.717, 1.165) is 38.1 Å². The highest BCUT2D eigenvalue weighted by Gasteiger charge is 2.21. The van der Waals surface area contributed by atoms with Crippen LogP contribution in [0.1, 0.15) is 19.3 Å². The fourth-order valence-electron chi connectivity index (χ4n) is 2.65. The molecule has 3 rings (SSSR count). The molecule has 2 heteroatoms. The van der Waals surface area contributed by atoms with E-state index in [1.165, 1.54) is 5.70 Å². The lowest BCUT2D eigenvalue weighted by atomic mass is 10.0. The standard InChI is InChI=1S/C17H20NO/c1-3-7-15(8-4-1)18-13-11-17(12-14-18)19-16-9-5-2-6-10-16/h2-10,17H,1,11-14H2. The third kappa shape index (κ3) is 3.19. The van der Waals surface area contributed by atoms with E-state index in [2.05, 4.69) is 29.5 Å². The fourth-order valence-corrected chi connectivity index (χ4v) is 2.65. The summed E-state index contributed by atoms with van der Waals surface area (Å²) in [6, 6.07) is 10.1. The topological polar surface area (TPSA) is 12.5 Å². The lowest BCUT2D eigenvalue weighted by Gasteiger charge is -2.35. The summed E-state index contributed by atoms with van der Waals surface area (Å²) in [5.41, 5.74) is 1.35. The number of piperidine rings is 1. The molecule has 0 saturated carbocycles. The minimum atomic E-state index is 0.357. The van der Waals surface area contributed by atoms with E-state index in [1.807, 2.05) is 30.3 Å². The first-order valence-corrected chi connectivity index (χ1v) is 7.08. The SMILES string of the molecule is [CH]1C=C(N2CCC(Oc3ccccc3)CC2)C=CC1. The molecule has 0 atom stereocenters. The van der Waals surface area contributed by atoms with Gasteiger partial charge in [-0.25, -0.2) is 0 Å². The molecule has 1 saturated heterocycles. The van der Waals surface area contributed by atoms with Crippen LogP contribution in [0.15, 0.2) is 54.3 Å². The highest BCUT2D eigenvalue weighted by atomic mass is 16.5. The van der Waals surface area contributed by atoms with Gasteiger partial charge in [0.15, 0.2) is 0 Å². The molecule has 2 nitrogen and oxygen atoms in total. The lowest BCUT2D eigenvalue weighted by molar-refractivity contribution is 0.119. The summed E-state index contributed by atoms with van der Waals surface area (Å²) in [5.74, 6) is 0.992. The van der Waals surface area contributed by atoms with Gasteiger partial charge < -0.3 is 9.64 Å². The molecule has 0 N–H and O–H groups in total. The van der Waals surface area contributed by atoms with Crippen LogP contribution in [-0.4, -0.2) is 24.1 Å². The average Bonchev–Trinajstić information content (AvgIpc) is 2.50. The molecule has 0 aromatic heterocycles. The van der Waals surface area contributed by atoms with E-state index in [0.29, 0.717) is 6.10 Å². The van der Waals surface area contributed by atoms with Gasteiger partial charge in [-0.2, -0.15) is 0 Å². The molecule has 0 spiro atoms. The molecule has 1 aliphatic heterocycles. The van der Waals surface area contributed by atoms with Gasteiger partial charge in [-0.1, -0.05) is 30.4 Å². The molecule has 19 heavy (non-hydrogen) atoms. The molecular weight excluding hydrogens is 234 g/mol. The van der Waals surface area contributed by atoms with Crippen LogP contribution in [0.3, 0.4) is 0 Å². The van der Waals surface area contributed by atoms with Gasteiger partial charge in [0.05, 0.1) is 0 Å². The van der Waals surface area contributed by atoms with Crippen LogP contribution in [0, 0.1) is 6.42 Å².